The lowest BCUT2D eigenvalue weighted by molar-refractivity contribution is -0.00909. The van der Waals surface area contributed by atoms with Crippen LogP contribution in [0.25, 0.3) is 0 Å². The average molecular weight is 523 g/mol. The van der Waals surface area contributed by atoms with Crippen molar-refractivity contribution in [2.75, 3.05) is 25.2 Å². The van der Waals surface area contributed by atoms with Crippen LogP contribution in [0.4, 0.5) is 23.2 Å². The molecule has 0 aliphatic heterocycles. The monoisotopic (exact) mass is 522 g/mol. The van der Waals surface area contributed by atoms with E-state index in [-0.39, 0.29) is 24.4 Å². The molecule has 0 saturated carbocycles. The van der Waals surface area contributed by atoms with Gasteiger partial charge in [0.05, 0.1) is 11.7 Å². The molecule has 0 fully saturated rings. The second kappa shape index (κ2) is 13.2. The second-order valence-electron chi connectivity index (χ2n) is 8.61. The van der Waals surface area contributed by atoms with Crippen LogP contribution >= 0.6 is 0 Å². The van der Waals surface area contributed by atoms with E-state index in [9.17, 15) is 22.4 Å². The minimum absolute atomic E-state index is 0.164. The first-order valence-electron chi connectivity index (χ1n) is 12.2. The fraction of sp³-hybridized carbons (Fsp3) is 0.444. The summed E-state index contributed by atoms with van der Waals surface area (Å²) in [6.45, 7) is 8.65. The van der Waals surface area contributed by atoms with Gasteiger partial charge in [-0.05, 0) is 51.5 Å². The SMILES string of the molecule is CCC(C)=C/C=N\N(C)c1cccc(F)c1C(=O)N(CC)[C@@H](C)COc1ncc(C(F)(F)CC)cc1F. The molecule has 202 valence electrons. The summed E-state index contributed by atoms with van der Waals surface area (Å²) in [7, 11) is 1.61. The van der Waals surface area contributed by atoms with Gasteiger partial charge in [-0.1, -0.05) is 25.5 Å². The molecule has 2 aromatic rings. The van der Waals surface area contributed by atoms with Crippen molar-refractivity contribution in [3.63, 3.8) is 0 Å². The van der Waals surface area contributed by atoms with Crippen molar-refractivity contribution in [2.45, 2.75) is 59.4 Å². The first kappa shape index (κ1) is 29.8. The normalized spacial score (nSPS) is 13.1. The number of carbonyl (C=O) groups is 1. The third kappa shape index (κ3) is 7.53. The van der Waals surface area contributed by atoms with Crippen LogP contribution in [-0.4, -0.2) is 48.2 Å². The molecule has 1 atom stereocenters. The Kier molecular flexibility index (Phi) is 10.6. The van der Waals surface area contributed by atoms with Gasteiger partial charge in [0, 0.05) is 38.0 Å². The molecule has 0 aliphatic rings. The molecule has 0 spiro atoms. The van der Waals surface area contributed by atoms with E-state index in [1.807, 2.05) is 19.9 Å². The van der Waals surface area contributed by atoms with Gasteiger partial charge in [0.15, 0.2) is 5.82 Å². The zero-order valence-electron chi connectivity index (χ0n) is 22.1. The van der Waals surface area contributed by atoms with Crippen LogP contribution in [0.15, 0.2) is 47.2 Å². The number of rotatable bonds is 12. The topological polar surface area (TPSA) is 58.0 Å². The van der Waals surface area contributed by atoms with Crippen molar-refractivity contribution in [2.24, 2.45) is 5.10 Å². The Morgan fingerprint density at radius 3 is 2.51 bits per heavy atom. The highest BCUT2D eigenvalue weighted by Gasteiger charge is 2.31. The molecule has 0 aliphatic carbocycles. The summed E-state index contributed by atoms with van der Waals surface area (Å²) in [4.78, 5) is 18.5. The lowest BCUT2D eigenvalue weighted by Crippen LogP contribution is -2.42. The third-order valence-corrected chi connectivity index (χ3v) is 5.98. The van der Waals surface area contributed by atoms with Crippen LogP contribution in [0, 0.1) is 11.6 Å². The van der Waals surface area contributed by atoms with E-state index in [0.717, 1.165) is 18.2 Å². The number of hydrogen-bond acceptors (Lipinski definition) is 5. The number of likely N-dealkylation sites (N-methyl/N-ethyl adjacent to an activating group) is 1. The smallest absolute Gasteiger partial charge is 0.274 e. The van der Waals surface area contributed by atoms with Gasteiger partial charge in [-0.15, -0.1) is 0 Å². The molecule has 1 heterocycles. The molecule has 0 saturated heterocycles. The van der Waals surface area contributed by atoms with Crippen molar-refractivity contribution >= 4 is 17.8 Å². The van der Waals surface area contributed by atoms with E-state index in [4.69, 9.17) is 4.74 Å². The maximum absolute atomic E-state index is 14.9. The van der Waals surface area contributed by atoms with Gasteiger partial charge in [0.25, 0.3) is 11.8 Å². The molecule has 0 unspecified atom stereocenters. The zero-order chi connectivity index (χ0) is 27.8. The summed E-state index contributed by atoms with van der Waals surface area (Å²) in [5.74, 6) is -6.00. The van der Waals surface area contributed by atoms with E-state index in [1.165, 1.54) is 29.0 Å². The van der Waals surface area contributed by atoms with Gasteiger partial charge in [-0.2, -0.15) is 5.10 Å². The summed E-state index contributed by atoms with van der Waals surface area (Å²) >= 11 is 0. The predicted molar refractivity (Wildman–Crippen MR) is 137 cm³/mol. The molecule has 37 heavy (non-hydrogen) atoms. The van der Waals surface area contributed by atoms with E-state index in [2.05, 4.69) is 10.1 Å². The van der Waals surface area contributed by atoms with Crippen molar-refractivity contribution in [1.82, 2.24) is 9.88 Å². The van der Waals surface area contributed by atoms with Crippen molar-refractivity contribution < 1.29 is 27.1 Å². The molecule has 0 radical (unpaired) electrons. The maximum Gasteiger partial charge on any atom is 0.274 e. The van der Waals surface area contributed by atoms with Crippen molar-refractivity contribution in [1.29, 1.82) is 0 Å². The predicted octanol–water partition coefficient (Wildman–Crippen LogP) is 6.57. The first-order chi connectivity index (χ1) is 17.5. The molecule has 1 aromatic carbocycles. The maximum atomic E-state index is 14.9. The molecular weight excluding hydrogens is 488 g/mol. The number of anilines is 1. The first-order valence-corrected chi connectivity index (χ1v) is 12.2. The van der Waals surface area contributed by atoms with Crippen LogP contribution in [0.5, 0.6) is 5.88 Å². The number of hydrogen-bond donors (Lipinski definition) is 0. The van der Waals surface area contributed by atoms with Crippen molar-refractivity contribution in [3.8, 4) is 5.88 Å². The van der Waals surface area contributed by atoms with Crippen LogP contribution in [0.3, 0.4) is 0 Å². The largest absolute Gasteiger partial charge is 0.473 e. The molecule has 0 N–H and O–H groups in total. The van der Waals surface area contributed by atoms with E-state index < -0.39 is 47.4 Å². The number of benzene rings is 1. The number of carbonyl (C=O) groups excluding carboxylic acids is 1. The number of ether oxygens (including phenoxy) is 1. The minimum Gasteiger partial charge on any atom is -0.473 e. The highest BCUT2D eigenvalue weighted by molar-refractivity contribution is 6.00. The Morgan fingerprint density at radius 2 is 1.92 bits per heavy atom. The van der Waals surface area contributed by atoms with Gasteiger partial charge in [0.2, 0.25) is 5.88 Å². The summed E-state index contributed by atoms with van der Waals surface area (Å²) in [6, 6.07) is 4.34. The van der Waals surface area contributed by atoms with Crippen LogP contribution in [0.2, 0.25) is 0 Å². The molecule has 0 bridgehead atoms. The van der Waals surface area contributed by atoms with Gasteiger partial charge in [0.1, 0.15) is 18.0 Å². The van der Waals surface area contributed by atoms with Crippen LogP contribution in [0.1, 0.15) is 63.4 Å². The number of alkyl halides is 2. The van der Waals surface area contributed by atoms with Crippen molar-refractivity contribution in [3.05, 3.63) is 64.9 Å². The number of hydrazone groups is 1. The quantitative estimate of drug-likeness (QED) is 0.180. The Labute approximate surface area is 215 Å². The Morgan fingerprint density at radius 1 is 1.22 bits per heavy atom. The molecule has 10 heteroatoms. The minimum atomic E-state index is -3.20. The number of nitrogens with zero attached hydrogens (tertiary/aromatic N) is 4. The number of amides is 1. The van der Waals surface area contributed by atoms with Crippen LogP contribution in [-0.2, 0) is 5.92 Å². The second-order valence-corrected chi connectivity index (χ2v) is 8.61. The van der Waals surface area contributed by atoms with E-state index in [0.29, 0.717) is 6.07 Å². The molecular formula is C27H34F4N4O2. The fourth-order valence-corrected chi connectivity index (χ4v) is 3.46. The summed E-state index contributed by atoms with van der Waals surface area (Å²) in [5, 5.41) is 5.69. The van der Waals surface area contributed by atoms with Gasteiger partial charge in [-0.25, -0.2) is 22.5 Å². The highest BCUT2D eigenvalue weighted by atomic mass is 19.3. The third-order valence-electron chi connectivity index (χ3n) is 5.98. The molecule has 6 nitrogen and oxygen atoms in total. The number of pyridine rings is 1. The lowest BCUT2D eigenvalue weighted by atomic mass is 10.1. The average Bonchev–Trinajstić information content (AvgIpc) is 2.87. The standard InChI is InChI=1S/C27H34F4N4O2/c1-7-18(4)13-14-33-34(6)23-12-10-11-21(28)24(23)26(36)35(9-3)19(5)17-37-25-22(29)15-20(16-32-25)27(30,31)8-2/h10-16,19H,7-9,17H2,1-6H3/b18-13?,33-14-/t19-/m0/s1. The van der Waals surface area contributed by atoms with E-state index >= 15 is 0 Å². The van der Waals surface area contributed by atoms with Gasteiger partial charge < -0.3 is 9.64 Å². The van der Waals surface area contributed by atoms with E-state index in [1.54, 1.807) is 33.2 Å². The van der Waals surface area contributed by atoms with Crippen LogP contribution < -0.4 is 9.75 Å². The molecule has 1 amide bonds. The van der Waals surface area contributed by atoms with Gasteiger partial charge >= 0.3 is 0 Å². The highest BCUT2D eigenvalue weighted by Crippen LogP contribution is 2.32. The number of aromatic nitrogens is 1. The Bertz CT molecular complexity index is 1140. The van der Waals surface area contributed by atoms with Gasteiger partial charge in [-0.3, -0.25) is 9.80 Å². The molecule has 1 aromatic heterocycles. The lowest BCUT2D eigenvalue weighted by Gasteiger charge is -2.29. The number of halogens is 4. The Balaban J connectivity index is 2.23. The molecule has 2 rings (SSSR count). The number of allylic oxidation sites excluding steroid dienone is 2. The summed E-state index contributed by atoms with van der Waals surface area (Å²) < 4.78 is 62.3. The summed E-state index contributed by atoms with van der Waals surface area (Å²) in [6.07, 6.45) is 4.65. The zero-order valence-corrected chi connectivity index (χ0v) is 22.1. The Hall–Kier alpha value is -3.43. The fourth-order valence-electron chi connectivity index (χ4n) is 3.46. The summed E-state index contributed by atoms with van der Waals surface area (Å²) in [5.41, 5.74) is 0.675.